The molecule has 1 atom stereocenters. The molecule has 1 N–H and O–H groups in total. The standard InChI is InChI=1S/C22H20FN3O2/c1-3-22(13-15-8-5-4-6-9-15)21(28)26(2)19(20(27)25-22)12-17-16(14-24)10-7-11-18(17)23/h4-12H,3,13H2,1-2H3,(H,25,27)/b19-12+. The summed E-state index contributed by atoms with van der Waals surface area (Å²) in [6.07, 6.45) is 2.02. The van der Waals surface area contributed by atoms with Crippen molar-refractivity contribution in [2.45, 2.75) is 25.3 Å². The summed E-state index contributed by atoms with van der Waals surface area (Å²) in [7, 11) is 1.50. The zero-order chi connectivity index (χ0) is 20.3. The maximum atomic E-state index is 14.2. The van der Waals surface area contributed by atoms with E-state index in [0.29, 0.717) is 12.8 Å². The number of amides is 2. The second kappa shape index (κ2) is 7.65. The van der Waals surface area contributed by atoms with Crippen LogP contribution in [0.4, 0.5) is 4.39 Å². The Morgan fingerprint density at radius 1 is 1.18 bits per heavy atom. The van der Waals surface area contributed by atoms with Crippen molar-refractivity contribution in [1.29, 1.82) is 5.26 Å². The number of nitrogens with zero attached hydrogens (tertiary/aromatic N) is 2. The molecule has 1 saturated heterocycles. The van der Waals surface area contributed by atoms with Gasteiger partial charge in [0.25, 0.3) is 11.8 Å². The van der Waals surface area contributed by atoms with Gasteiger partial charge in [-0.3, -0.25) is 9.59 Å². The molecular formula is C22H20FN3O2. The molecule has 0 aromatic heterocycles. The molecular weight excluding hydrogens is 357 g/mol. The molecule has 142 valence electrons. The number of benzene rings is 2. The Bertz CT molecular complexity index is 995. The zero-order valence-electron chi connectivity index (χ0n) is 15.7. The number of likely N-dealkylation sites (N-methyl/N-ethyl adjacent to an activating group) is 1. The number of halogens is 1. The first-order valence-corrected chi connectivity index (χ1v) is 8.97. The van der Waals surface area contributed by atoms with Crippen molar-refractivity contribution in [2.24, 2.45) is 0 Å². The Morgan fingerprint density at radius 2 is 1.89 bits per heavy atom. The molecule has 5 nitrogen and oxygen atoms in total. The van der Waals surface area contributed by atoms with E-state index in [0.717, 1.165) is 5.56 Å². The fraction of sp³-hybridized carbons (Fsp3) is 0.227. The molecule has 1 aliphatic heterocycles. The molecule has 0 bridgehead atoms. The van der Waals surface area contributed by atoms with Gasteiger partial charge >= 0.3 is 0 Å². The first-order chi connectivity index (χ1) is 13.4. The third-order valence-electron chi connectivity index (χ3n) is 5.07. The fourth-order valence-corrected chi connectivity index (χ4v) is 3.43. The number of hydrogen-bond acceptors (Lipinski definition) is 3. The van der Waals surface area contributed by atoms with Gasteiger partial charge in [-0.15, -0.1) is 0 Å². The fourth-order valence-electron chi connectivity index (χ4n) is 3.43. The number of hydrogen-bond donors (Lipinski definition) is 1. The summed E-state index contributed by atoms with van der Waals surface area (Å²) in [5, 5.41) is 12.0. The maximum Gasteiger partial charge on any atom is 0.268 e. The quantitative estimate of drug-likeness (QED) is 0.833. The number of nitrogens with one attached hydrogen (secondary N) is 1. The Morgan fingerprint density at radius 3 is 2.54 bits per heavy atom. The molecule has 6 heteroatoms. The van der Waals surface area contributed by atoms with Crippen molar-refractivity contribution >= 4 is 17.9 Å². The van der Waals surface area contributed by atoms with Crippen LogP contribution in [0.5, 0.6) is 0 Å². The van der Waals surface area contributed by atoms with Gasteiger partial charge in [0.1, 0.15) is 17.1 Å². The maximum absolute atomic E-state index is 14.2. The van der Waals surface area contributed by atoms with E-state index in [4.69, 9.17) is 0 Å². The summed E-state index contributed by atoms with van der Waals surface area (Å²) in [6, 6.07) is 15.5. The van der Waals surface area contributed by atoms with Gasteiger partial charge in [0.05, 0.1) is 11.6 Å². The molecule has 2 aromatic carbocycles. The minimum absolute atomic E-state index is 0.00346. The first-order valence-electron chi connectivity index (χ1n) is 8.97. The van der Waals surface area contributed by atoms with Gasteiger partial charge in [-0.05, 0) is 30.2 Å². The highest BCUT2D eigenvalue weighted by Gasteiger charge is 2.46. The lowest BCUT2D eigenvalue weighted by Gasteiger charge is -2.41. The molecule has 0 saturated carbocycles. The normalized spacial score (nSPS) is 20.8. The number of nitriles is 1. The van der Waals surface area contributed by atoms with Crippen molar-refractivity contribution in [3.8, 4) is 6.07 Å². The lowest BCUT2D eigenvalue weighted by atomic mass is 9.84. The largest absolute Gasteiger partial charge is 0.336 e. The molecule has 0 spiro atoms. The van der Waals surface area contributed by atoms with Gasteiger partial charge in [0.2, 0.25) is 0 Å². The third-order valence-corrected chi connectivity index (χ3v) is 5.07. The molecule has 2 aromatic rings. The summed E-state index contributed by atoms with van der Waals surface area (Å²) < 4.78 is 14.2. The van der Waals surface area contributed by atoms with E-state index in [9.17, 15) is 19.2 Å². The lowest BCUT2D eigenvalue weighted by molar-refractivity contribution is -0.144. The van der Waals surface area contributed by atoms with E-state index >= 15 is 0 Å². The molecule has 3 rings (SSSR count). The molecule has 1 fully saturated rings. The molecule has 1 aliphatic rings. The van der Waals surface area contributed by atoms with Crippen LogP contribution >= 0.6 is 0 Å². The van der Waals surface area contributed by atoms with Crippen LogP contribution in [0.3, 0.4) is 0 Å². The molecule has 0 radical (unpaired) electrons. The van der Waals surface area contributed by atoms with Crippen LogP contribution in [0.2, 0.25) is 0 Å². The van der Waals surface area contributed by atoms with Crippen LogP contribution in [-0.4, -0.2) is 29.3 Å². The van der Waals surface area contributed by atoms with Crippen molar-refractivity contribution in [1.82, 2.24) is 10.2 Å². The zero-order valence-corrected chi connectivity index (χ0v) is 15.7. The van der Waals surface area contributed by atoms with E-state index in [1.54, 1.807) is 0 Å². The molecule has 1 heterocycles. The summed E-state index contributed by atoms with van der Waals surface area (Å²) in [4.78, 5) is 27.3. The number of rotatable bonds is 4. The van der Waals surface area contributed by atoms with Crippen LogP contribution in [0.25, 0.3) is 6.08 Å². The van der Waals surface area contributed by atoms with Gasteiger partial charge in [-0.2, -0.15) is 5.26 Å². The highest BCUT2D eigenvalue weighted by Crippen LogP contribution is 2.28. The van der Waals surface area contributed by atoms with Gasteiger partial charge in [-0.1, -0.05) is 43.3 Å². The topological polar surface area (TPSA) is 73.2 Å². The highest BCUT2D eigenvalue weighted by atomic mass is 19.1. The Hall–Kier alpha value is -3.46. The Kier molecular flexibility index (Phi) is 5.27. The predicted molar refractivity (Wildman–Crippen MR) is 103 cm³/mol. The number of carbonyl (C=O) groups excluding carboxylic acids is 2. The van der Waals surface area contributed by atoms with E-state index < -0.39 is 17.3 Å². The monoisotopic (exact) mass is 377 g/mol. The number of carbonyl (C=O) groups is 2. The summed E-state index contributed by atoms with van der Waals surface area (Å²) in [6.45, 7) is 1.84. The molecule has 1 unspecified atom stereocenters. The Balaban J connectivity index is 2.00. The van der Waals surface area contributed by atoms with Crippen molar-refractivity contribution in [3.05, 3.63) is 76.7 Å². The van der Waals surface area contributed by atoms with Crippen molar-refractivity contribution in [2.75, 3.05) is 7.05 Å². The van der Waals surface area contributed by atoms with Gasteiger partial charge in [-0.25, -0.2) is 4.39 Å². The van der Waals surface area contributed by atoms with E-state index in [2.05, 4.69) is 5.32 Å². The first kappa shape index (κ1) is 19.3. The van der Waals surface area contributed by atoms with E-state index in [1.165, 1.54) is 36.2 Å². The predicted octanol–water partition coefficient (Wildman–Crippen LogP) is 3.02. The van der Waals surface area contributed by atoms with Crippen molar-refractivity contribution in [3.63, 3.8) is 0 Å². The van der Waals surface area contributed by atoms with E-state index in [1.807, 2.05) is 43.3 Å². The second-order valence-electron chi connectivity index (χ2n) is 6.76. The average Bonchev–Trinajstić information content (AvgIpc) is 2.70. The molecule has 0 aliphatic carbocycles. The SMILES string of the molecule is CCC1(Cc2ccccc2)NC(=O)/C(=C\c2c(F)cccc2C#N)N(C)C1=O. The smallest absolute Gasteiger partial charge is 0.268 e. The minimum Gasteiger partial charge on any atom is -0.336 e. The average molecular weight is 377 g/mol. The van der Waals surface area contributed by atoms with Gasteiger partial charge in [0, 0.05) is 19.0 Å². The summed E-state index contributed by atoms with van der Waals surface area (Å²) in [5.74, 6) is -1.39. The van der Waals surface area contributed by atoms with Crippen LogP contribution in [0, 0.1) is 17.1 Å². The van der Waals surface area contributed by atoms with Crippen LogP contribution in [0.1, 0.15) is 30.0 Å². The van der Waals surface area contributed by atoms with Crippen LogP contribution in [-0.2, 0) is 16.0 Å². The summed E-state index contributed by atoms with van der Waals surface area (Å²) in [5.41, 5.74) is -0.0549. The Labute approximate surface area is 163 Å². The van der Waals surface area contributed by atoms with Crippen molar-refractivity contribution < 1.29 is 14.0 Å². The lowest BCUT2D eigenvalue weighted by Crippen LogP contribution is -2.65. The number of piperazine rings is 1. The van der Waals surface area contributed by atoms with Crippen LogP contribution < -0.4 is 5.32 Å². The van der Waals surface area contributed by atoms with Crippen LogP contribution in [0.15, 0.2) is 54.2 Å². The molecule has 28 heavy (non-hydrogen) atoms. The van der Waals surface area contributed by atoms with Gasteiger partial charge < -0.3 is 10.2 Å². The second-order valence-corrected chi connectivity index (χ2v) is 6.76. The van der Waals surface area contributed by atoms with E-state index in [-0.39, 0.29) is 22.7 Å². The molecule has 2 amide bonds. The highest BCUT2D eigenvalue weighted by molar-refractivity contribution is 6.09. The summed E-state index contributed by atoms with van der Waals surface area (Å²) >= 11 is 0. The third kappa shape index (κ3) is 3.39. The van der Waals surface area contributed by atoms with Gasteiger partial charge in [0.15, 0.2) is 0 Å². The minimum atomic E-state index is -1.07.